The number of hydrogen-bond acceptors (Lipinski definition) is 3. The summed E-state index contributed by atoms with van der Waals surface area (Å²) in [5.74, 6) is 1.65. The van der Waals surface area contributed by atoms with E-state index in [4.69, 9.17) is 9.47 Å². The van der Waals surface area contributed by atoms with E-state index < -0.39 is 0 Å². The van der Waals surface area contributed by atoms with Crippen molar-refractivity contribution in [2.75, 3.05) is 20.8 Å². The van der Waals surface area contributed by atoms with Gasteiger partial charge in [0.15, 0.2) is 11.5 Å². The van der Waals surface area contributed by atoms with Gasteiger partial charge in [-0.1, -0.05) is 32.3 Å². The van der Waals surface area contributed by atoms with Crippen molar-refractivity contribution in [3.8, 4) is 11.5 Å². The van der Waals surface area contributed by atoms with E-state index in [1.165, 1.54) is 24.8 Å². The van der Waals surface area contributed by atoms with Gasteiger partial charge in [0.25, 0.3) is 0 Å². The van der Waals surface area contributed by atoms with Crippen LogP contribution in [0.2, 0.25) is 0 Å². The van der Waals surface area contributed by atoms with Crippen LogP contribution in [0.3, 0.4) is 0 Å². The van der Waals surface area contributed by atoms with Crippen molar-refractivity contribution in [1.29, 1.82) is 0 Å². The number of methoxy groups -OCH3 is 1. The molecule has 0 aliphatic rings. The molecule has 108 valence electrons. The summed E-state index contributed by atoms with van der Waals surface area (Å²) in [5, 5.41) is 3.22. The predicted molar refractivity (Wildman–Crippen MR) is 80.1 cm³/mol. The van der Waals surface area contributed by atoms with E-state index in [-0.39, 0.29) is 0 Å². The Morgan fingerprint density at radius 2 is 1.95 bits per heavy atom. The van der Waals surface area contributed by atoms with Crippen LogP contribution in [0.25, 0.3) is 0 Å². The Morgan fingerprint density at radius 3 is 2.58 bits per heavy atom. The third-order valence-electron chi connectivity index (χ3n) is 3.38. The molecular formula is C16H27NO2. The number of benzene rings is 1. The summed E-state index contributed by atoms with van der Waals surface area (Å²) in [6, 6.07) is 6.45. The molecule has 19 heavy (non-hydrogen) atoms. The molecule has 1 rings (SSSR count). The quantitative estimate of drug-likeness (QED) is 0.686. The second-order valence-electron chi connectivity index (χ2n) is 4.83. The van der Waals surface area contributed by atoms with E-state index in [2.05, 4.69) is 25.2 Å². The highest BCUT2D eigenvalue weighted by Crippen LogP contribution is 2.30. The molecule has 0 spiro atoms. The van der Waals surface area contributed by atoms with E-state index in [0.717, 1.165) is 24.5 Å². The van der Waals surface area contributed by atoms with Gasteiger partial charge in [0.1, 0.15) is 0 Å². The molecule has 0 saturated carbocycles. The van der Waals surface area contributed by atoms with Crippen molar-refractivity contribution in [2.24, 2.45) is 0 Å². The highest BCUT2D eigenvalue weighted by Gasteiger charge is 2.09. The second-order valence-corrected chi connectivity index (χ2v) is 4.83. The smallest absolute Gasteiger partial charge is 0.161 e. The third kappa shape index (κ3) is 5.11. The second kappa shape index (κ2) is 8.81. The Balaban J connectivity index is 2.58. The monoisotopic (exact) mass is 265 g/mol. The molecule has 0 radical (unpaired) electrons. The minimum atomic E-state index is 0.313. The van der Waals surface area contributed by atoms with Gasteiger partial charge in [0.05, 0.1) is 13.7 Å². The molecule has 0 aliphatic heterocycles. The Bertz CT molecular complexity index is 366. The fourth-order valence-electron chi connectivity index (χ4n) is 1.95. The van der Waals surface area contributed by atoms with Crippen LogP contribution in [-0.4, -0.2) is 20.8 Å². The zero-order valence-electron chi connectivity index (χ0n) is 12.7. The zero-order chi connectivity index (χ0) is 14.1. The molecule has 1 N–H and O–H groups in total. The molecule has 0 bridgehead atoms. The number of unbranched alkanes of at least 4 members (excludes halogenated alkanes) is 3. The molecule has 0 saturated heterocycles. The molecular weight excluding hydrogens is 238 g/mol. The minimum Gasteiger partial charge on any atom is -0.493 e. The van der Waals surface area contributed by atoms with Gasteiger partial charge in [0.2, 0.25) is 0 Å². The molecule has 0 amide bonds. The summed E-state index contributed by atoms with van der Waals surface area (Å²) in [6.45, 7) is 5.10. The lowest BCUT2D eigenvalue weighted by atomic mass is 10.1. The topological polar surface area (TPSA) is 30.5 Å². The largest absolute Gasteiger partial charge is 0.493 e. The maximum absolute atomic E-state index is 5.80. The van der Waals surface area contributed by atoms with Crippen LogP contribution in [0.1, 0.15) is 51.1 Å². The Hall–Kier alpha value is -1.22. The molecule has 1 aromatic carbocycles. The first-order valence-corrected chi connectivity index (χ1v) is 7.21. The van der Waals surface area contributed by atoms with Gasteiger partial charge in [-0.25, -0.2) is 0 Å². The van der Waals surface area contributed by atoms with Crippen LogP contribution in [0.4, 0.5) is 0 Å². The van der Waals surface area contributed by atoms with Crippen LogP contribution in [0.15, 0.2) is 18.2 Å². The summed E-state index contributed by atoms with van der Waals surface area (Å²) in [7, 11) is 3.64. The van der Waals surface area contributed by atoms with Crippen molar-refractivity contribution < 1.29 is 9.47 Å². The molecule has 1 unspecified atom stereocenters. The van der Waals surface area contributed by atoms with E-state index in [0.29, 0.717) is 6.04 Å². The average Bonchev–Trinajstić information content (AvgIpc) is 2.46. The summed E-state index contributed by atoms with van der Waals surface area (Å²) in [4.78, 5) is 0. The fourth-order valence-corrected chi connectivity index (χ4v) is 1.95. The van der Waals surface area contributed by atoms with Gasteiger partial charge in [-0.05, 0) is 38.1 Å². The van der Waals surface area contributed by atoms with Crippen molar-refractivity contribution in [2.45, 2.75) is 45.6 Å². The maximum atomic E-state index is 5.80. The van der Waals surface area contributed by atoms with Gasteiger partial charge in [0, 0.05) is 6.04 Å². The minimum absolute atomic E-state index is 0.313. The number of nitrogens with one attached hydrogen (secondary N) is 1. The SMILES string of the molecule is CCCCCCOc1ccc(C(C)NC)cc1OC. The molecule has 0 fully saturated rings. The molecule has 0 aliphatic carbocycles. The number of rotatable bonds is 9. The van der Waals surface area contributed by atoms with Gasteiger partial charge in [-0.2, -0.15) is 0 Å². The lowest BCUT2D eigenvalue weighted by Gasteiger charge is -2.15. The zero-order valence-corrected chi connectivity index (χ0v) is 12.7. The van der Waals surface area contributed by atoms with Crippen molar-refractivity contribution in [1.82, 2.24) is 5.32 Å². The van der Waals surface area contributed by atoms with Gasteiger partial charge in [-0.3, -0.25) is 0 Å². The Kier molecular flexibility index (Phi) is 7.34. The van der Waals surface area contributed by atoms with Crippen LogP contribution >= 0.6 is 0 Å². The van der Waals surface area contributed by atoms with Gasteiger partial charge in [-0.15, -0.1) is 0 Å². The van der Waals surface area contributed by atoms with E-state index in [9.17, 15) is 0 Å². The first kappa shape index (κ1) is 15.8. The van der Waals surface area contributed by atoms with Crippen molar-refractivity contribution in [3.63, 3.8) is 0 Å². The average molecular weight is 265 g/mol. The summed E-state index contributed by atoms with van der Waals surface area (Å²) >= 11 is 0. The summed E-state index contributed by atoms with van der Waals surface area (Å²) in [5.41, 5.74) is 1.21. The standard InChI is InChI=1S/C16H27NO2/c1-5-6-7-8-11-19-15-10-9-14(13(2)17-3)12-16(15)18-4/h9-10,12-13,17H,5-8,11H2,1-4H3. The molecule has 1 atom stereocenters. The van der Waals surface area contributed by atoms with Crippen LogP contribution < -0.4 is 14.8 Å². The van der Waals surface area contributed by atoms with Gasteiger partial charge < -0.3 is 14.8 Å². The lowest BCUT2D eigenvalue weighted by molar-refractivity contribution is 0.285. The van der Waals surface area contributed by atoms with E-state index in [1.807, 2.05) is 19.2 Å². The molecule has 0 heterocycles. The highest BCUT2D eigenvalue weighted by atomic mass is 16.5. The van der Waals surface area contributed by atoms with Crippen LogP contribution in [0, 0.1) is 0 Å². The van der Waals surface area contributed by atoms with E-state index >= 15 is 0 Å². The Labute approximate surface area is 117 Å². The Morgan fingerprint density at radius 1 is 1.16 bits per heavy atom. The maximum Gasteiger partial charge on any atom is 0.161 e. The van der Waals surface area contributed by atoms with Crippen molar-refractivity contribution >= 4 is 0 Å². The first-order valence-electron chi connectivity index (χ1n) is 7.21. The van der Waals surface area contributed by atoms with E-state index in [1.54, 1.807) is 7.11 Å². The molecule has 3 nitrogen and oxygen atoms in total. The molecule has 0 aromatic heterocycles. The van der Waals surface area contributed by atoms with Crippen LogP contribution in [-0.2, 0) is 0 Å². The molecule has 1 aromatic rings. The van der Waals surface area contributed by atoms with Gasteiger partial charge >= 0.3 is 0 Å². The summed E-state index contributed by atoms with van der Waals surface area (Å²) < 4.78 is 11.2. The normalized spacial score (nSPS) is 12.2. The predicted octanol–water partition coefficient (Wildman–Crippen LogP) is 3.93. The molecule has 3 heteroatoms. The number of hydrogen-bond donors (Lipinski definition) is 1. The first-order chi connectivity index (χ1) is 9.22. The highest BCUT2D eigenvalue weighted by molar-refractivity contribution is 5.43. The van der Waals surface area contributed by atoms with Crippen LogP contribution in [0.5, 0.6) is 11.5 Å². The fraction of sp³-hybridized carbons (Fsp3) is 0.625. The lowest BCUT2D eigenvalue weighted by Crippen LogP contribution is -2.12. The van der Waals surface area contributed by atoms with Crippen molar-refractivity contribution in [3.05, 3.63) is 23.8 Å². The third-order valence-corrected chi connectivity index (χ3v) is 3.38. The summed E-state index contributed by atoms with van der Waals surface area (Å²) in [6.07, 6.45) is 4.86. The number of ether oxygens (including phenoxy) is 2.